The lowest BCUT2D eigenvalue weighted by Crippen LogP contribution is -2.51. The molecule has 0 amide bonds. The Balaban J connectivity index is 2.09. The first-order valence-corrected chi connectivity index (χ1v) is 6.81. The van der Waals surface area contributed by atoms with Crippen molar-refractivity contribution in [3.05, 3.63) is 29.3 Å². The van der Waals surface area contributed by atoms with E-state index in [9.17, 15) is 5.11 Å². The fourth-order valence-corrected chi connectivity index (χ4v) is 2.24. The van der Waals surface area contributed by atoms with Crippen molar-refractivity contribution in [3.8, 4) is 5.75 Å². The second-order valence-electron chi connectivity index (χ2n) is 5.14. The van der Waals surface area contributed by atoms with Crippen molar-refractivity contribution in [3.63, 3.8) is 0 Å². The van der Waals surface area contributed by atoms with Gasteiger partial charge in [0, 0.05) is 13.1 Å². The Hall–Kier alpha value is -1.10. The van der Waals surface area contributed by atoms with Gasteiger partial charge in [-0.05, 0) is 44.0 Å². The van der Waals surface area contributed by atoms with Gasteiger partial charge in [-0.25, -0.2) is 0 Å². The number of hydrogen-bond donors (Lipinski definition) is 1. The molecule has 0 radical (unpaired) electrons. The zero-order chi connectivity index (χ0) is 13.8. The van der Waals surface area contributed by atoms with Crippen LogP contribution >= 0.6 is 0 Å². The van der Waals surface area contributed by atoms with Gasteiger partial charge in [0.2, 0.25) is 0 Å². The van der Waals surface area contributed by atoms with Crippen LogP contribution in [0.2, 0.25) is 0 Å². The average Bonchev–Trinajstić information content (AvgIpc) is 2.40. The molecule has 2 rings (SSSR count). The Morgan fingerprint density at radius 3 is 2.47 bits per heavy atom. The van der Waals surface area contributed by atoms with E-state index in [0.717, 1.165) is 18.8 Å². The second kappa shape index (κ2) is 6.37. The summed E-state index contributed by atoms with van der Waals surface area (Å²) in [6.45, 7) is 8.88. The fraction of sp³-hybridized carbons (Fsp3) is 0.600. The lowest BCUT2D eigenvalue weighted by Gasteiger charge is -2.35. The molecule has 0 aromatic heterocycles. The number of nitrogens with zero attached hydrogens (tertiary/aromatic N) is 1. The molecule has 1 aliphatic rings. The summed E-state index contributed by atoms with van der Waals surface area (Å²) in [5, 5.41) is 9.94. The summed E-state index contributed by atoms with van der Waals surface area (Å²) in [4.78, 5) is 2.13. The van der Waals surface area contributed by atoms with E-state index in [4.69, 9.17) is 9.47 Å². The first-order valence-electron chi connectivity index (χ1n) is 6.81. The minimum Gasteiger partial charge on any atom is -0.472 e. The van der Waals surface area contributed by atoms with Gasteiger partial charge in [0.15, 0.2) is 6.23 Å². The number of rotatable bonds is 4. The maximum atomic E-state index is 9.94. The highest BCUT2D eigenvalue weighted by atomic mass is 16.5. The Labute approximate surface area is 114 Å². The summed E-state index contributed by atoms with van der Waals surface area (Å²) < 4.78 is 11.3. The van der Waals surface area contributed by atoms with Gasteiger partial charge in [-0.2, -0.15) is 0 Å². The summed E-state index contributed by atoms with van der Waals surface area (Å²) in [5.74, 6) is 0.806. The largest absolute Gasteiger partial charge is 0.472 e. The molecule has 2 atom stereocenters. The molecule has 1 aliphatic heterocycles. The third kappa shape index (κ3) is 3.69. The third-order valence-corrected chi connectivity index (χ3v) is 3.55. The highest BCUT2D eigenvalue weighted by Crippen LogP contribution is 2.20. The molecule has 0 spiro atoms. The molecule has 0 bridgehead atoms. The average molecular weight is 265 g/mol. The van der Waals surface area contributed by atoms with E-state index in [1.54, 1.807) is 6.92 Å². The summed E-state index contributed by atoms with van der Waals surface area (Å²) in [7, 11) is 0. The van der Waals surface area contributed by atoms with E-state index in [2.05, 4.69) is 18.7 Å². The number of aliphatic hydroxyl groups excluding tert-OH is 1. The monoisotopic (exact) mass is 265 g/mol. The molecule has 0 aliphatic carbocycles. The normalized spacial score (nSPS) is 20.0. The van der Waals surface area contributed by atoms with E-state index in [1.165, 1.54) is 11.1 Å². The number of morpholine rings is 1. The van der Waals surface area contributed by atoms with Gasteiger partial charge < -0.3 is 14.6 Å². The minimum absolute atomic E-state index is 0.314. The van der Waals surface area contributed by atoms with E-state index >= 15 is 0 Å². The Morgan fingerprint density at radius 1 is 1.21 bits per heavy atom. The number of aryl methyl sites for hydroxylation is 2. The van der Waals surface area contributed by atoms with Gasteiger partial charge in [0.1, 0.15) is 11.9 Å². The van der Waals surface area contributed by atoms with Crippen LogP contribution in [0.25, 0.3) is 0 Å². The maximum Gasteiger partial charge on any atom is 0.178 e. The minimum atomic E-state index is -0.542. The van der Waals surface area contributed by atoms with Crippen molar-refractivity contribution in [2.45, 2.75) is 33.1 Å². The van der Waals surface area contributed by atoms with Crippen LogP contribution in [-0.4, -0.2) is 48.6 Å². The molecule has 4 heteroatoms. The number of benzene rings is 1. The Kier molecular flexibility index (Phi) is 4.80. The molecule has 4 nitrogen and oxygen atoms in total. The van der Waals surface area contributed by atoms with Crippen LogP contribution in [0.5, 0.6) is 5.75 Å². The topological polar surface area (TPSA) is 41.9 Å². The molecular formula is C15H23NO3. The first-order chi connectivity index (χ1) is 9.08. The molecule has 2 unspecified atom stereocenters. The smallest absolute Gasteiger partial charge is 0.178 e. The maximum absolute atomic E-state index is 9.94. The van der Waals surface area contributed by atoms with E-state index in [0.29, 0.717) is 13.2 Å². The molecular weight excluding hydrogens is 242 g/mol. The quantitative estimate of drug-likeness (QED) is 0.900. The number of ether oxygens (including phenoxy) is 2. The van der Waals surface area contributed by atoms with E-state index < -0.39 is 6.10 Å². The molecule has 1 aromatic carbocycles. The summed E-state index contributed by atoms with van der Waals surface area (Å²) in [5.41, 5.74) is 2.44. The van der Waals surface area contributed by atoms with Gasteiger partial charge in [-0.1, -0.05) is 6.07 Å². The predicted octanol–water partition coefficient (Wildman–Crippen LogP) is 1.72. The standard InChI is InChI=1S/C15H23NO3/c1-11-4-5-14(10-12(11)2)19-15(13(3)17)16-6-8-18-9-7-16/h4-5,10,13,15,17H,6-9H2,1-3H3. The highest BCUT2D eigenvalue weighted by Gasteiger charge is 2.26. The molecule has 106 valence electrons. The lowest BCUT2D eigenvalue weighted by molar-refractivity contribution is -0.0941. The molecule has 1 fully saturated rings. The van der Waals surface area contributed by atoms with Crippen molar-refractivity contribution in [1.82, 2.24) is 4.90 Å². The zero-order valence-corrected chi connectivity index (χ0v) is 11.9. The van der Waals surface area contributed by atoms with Gasteiger partial charge in [0.25, 0.3) is 0 Å². The van der Waals surface area contributed by atoms with Crippen molar-refractivity contribution in [2.75, 3.05) is 26.3 Å². The van der Waals surface area contributed by atoms with Gasteiger partial charge >= 0.3 is 0 Å². The molecule has 1 heterocycles. The van der Waals surface area contributed by atoms with Crippen LogP contribution in [-0.2, 0) is 4.74 Å². The van der Waals surface area contributed by atoms with Crippen molar-refractivity contribution < 1.29 is 14.6 Å². The van der Waals surface area contributed by atoms with Crippen molar-refractivity contribution >= 4 is 0 Å². The first kappa shape index (κ1) is 14.3. The lowest BCUT2D eigenvalue weighted by atomic mass is 10.1. The number of aliphatic hydroxyl groups is 1. The van der Waals surface area contributed by atoms with Crippen LogP contribution in [0.1, 0.15) is 18.1 Å². The van der Waals surface area contributed by atoms with Crippen LogP contribution in [0.4, 0.5) is 0 Å². The van der Waals surface area contributed by atoms with Gasteiger partial charge in [0.05, 0.1) is 13.2 Å². The molecule has 1 saturated heterocycles. The summed E-state index contributed by atoms with van der Waals surface area (Å²) in [6, 6.07) is 6.02. The predicted molar refractivity (Wildman–Crippen MR) is 74.4 cm³/mol. The van der Waals surface area contributed by atoms with E-state index in [1.807, 2.05) is 18.2 Å². The second-order valence-corrected chi connectivity index (χ2v) is 5.14. The zero-order valence-electron chi connectivity index (χ0n) is 11.9. The van der Waals surface area contributed by atoms with Gasteiger partial charge in [-0.3, -0.25) is 4.90 Å². The molecule has 1 N–H and O–H groups in total. The molecule has 0 saturated carbocycles. The third-order valence-electron chi connectivity index (χ3n) is 3.55. The molecule has 19 heavy (non-hydrogen) atoms. The van der Waals surface area contributed by atoms with Crippen LogP contribution < -0.4 is 4.74 Å². The van der Waals surface area contributed by atoms with Crippen molar-refractivity contribution in [2.24, 2.45) is 0 Å². The van der Waals surface area contributed by atoms with Crippen molar-refractivity contribution in [1.29, 1.82) is 0 Å². The molecule has 1 aromatic rings. The number of hydrogen-bond acceptors (Lipinski definition) is 4. The Bertz CT molecular complexity index is 414. The van der Waals surface area contributed by atoms with Crippen LogP contribution in [0.15, 0.2) is 18.2 Å². The highest BCUT2D eigenvalue weighted by molar-refractivity contribution is 5.33. The van der Waals surface area contributed by atoms with Crippen LogP contribution in [0.3, 0.4) is 0 Å². The van der Waals surface area contributed by atoms with Gasteiger partial charge in [-0.15, -0.1) is 0 Å². The summed E-state index contributed by atoms with van der Waals surface area (Å²) in [6.07, 6.45) is -0.856. The van der Waals surface area contributed by atoms with Crippen LogP contribution in [0, 0.1) is 13.8 Å². The summed E-state index contributed by atoms with van der Waals surface area (Å²) >= 11 is 0. The fourth-order valence-electron chi connectivity index (χ4n) is 2.24. The SMILES string of the molecule is Cc1ccc(OC(C(C)O)N2CCOCC2)cc1C. The van der Waals surface area contributed by atoms with E-state index in [-0.39, 0.29) is 6.23 Å². The Morgan fingerprint density at radius 2 is 1.89 bits per heavy atom.